The molecule has 0 aliphatic rings. The van der Waals surface area contributed by atoms with Gasteiger partial charge in [-0.15, -0.1) is 0 Å². The third kappa shape index (κ3) is 3.94. The second kappa shape index (κ2) is 7.05. The Balaban J connectivity index is 1.84. The lowest BCUT2D eigenvalue weighted by molar-refractivity contribution is 1.10. The Morgan fingerprint density at radius 2 is 1.00 bits per heavy atom. The first-order valence-electron chi connectivity index (χ1n) is 8.71. The summed E-state index contributed by atoms with van der Waals surface area (Å²) >= 11 is 0. The first kappa shape index (κ1) is 16.5. The van der Waals surface area contributed by atoms with Crippen molar-refractivity contribution in [2.45, 2.75) is 40.5 Å². The van der Waals surface area contributed by atoms with E-state index in [1.54, 1.807) is 0 Å². The van der Waals surface area contributed by atoms with Crippen LogP contribution in [0.3, 0.4) is 0 Å². The maximum Gasteiger partial charge on any atom is -0.00229 e. The molecule has 0 nitrogen and oxygen atoms in total. The van der Waals surface area contributed by atoms with Crippen LogP contribution < -0.4 is 0 Å². The van der Waals surface area contributed by atoms with E-state index in [0.717, 1.165) is 12.8 Å². The van der Waals surface area contributed by atoms with Gasteiger partial charge in [-0.1, -0.05) is 71.8 Å². The van der Waals surface area contributed by atoms with Gasteiger partial charge >= 0.3 is 0 Å². The second-order valence-corrected chi connectivity index (χ2v) is 7.03. The molecule has 0 aliphatic carbocycles. The van der Waals surface area contributed by atoms with Crippen LogP contribution in [0.4, 0.5) is 0 Å². The molecule has 0 heterocycles. The third-order valence-corrected chi connectivity index (χ3v) is 4.79. The Morgan fingerprint density at radius 3 is 1.46 bits per heavy atom. The molecule has 0 fully saturated rings. The van der Waals surface area contributed by atoms with Crippen molar-refractivity contribution in [3.8, 4) is 0 Å². The molecule has 0 saturated carbocycles. The summed E-state index contributed by atoms with van der Waals surface area (Å²) in [4.78, 5) is 0. The van der Waals surface area contributed by atoms with Gasteiger partial charge < -0.3 is 0 Å². The van der Waals surface area contributed by atoms with E-state index in [-0.39, 0.29) is 0 Å². The molecule has 122 valence electrons. The number of hydrogen-bond acceptors (Lipinski definition) is 0. The van der Waals surface area contributed by atoms with Crippen LogP contribution in [0.1, 0.15) is 44.5 Å². The van der Waals surface area contributed by atoms with E-state index < -0.39 is 0 Å². The minimum atomic E-state index is 1.01. The van der Waals surface area contributed by atoms with Crippen LogP contribution in [0, 0.1) is 27.7 Å². The molecule has 0 spiro atoms. The van der Waals surface area contributed by atoms with Gasteiger partial charge in [0.15, 0.2) is 0 Å². The molecule has 3 aromatic carbocycles. The molecule has 0 amide bonds. The molecule has 0 bridgehead atoms. The summed E-state index contributed by atoms with van der Waals surface area (Å²) in [5.74, 6) is 0. The van der Waals surface area contributed by atoms with E-state index in [9.17, 15) is 0 Å². The van der Waals surface area contributed by atoms with Gasteiger partial charge in [-0.3, -0.25) is 0 Å². The fourth-order valence-electron chi connectivity index (χ4n) is 3.27. The Labute approximate surface area is 146 Å². The smallest absolute Gasteiger partial charge is 0.00229 e. The molecule has 0 radical (unpaired) electrons. The highest BCUT2D eigenvalue weighted by Gasteiger charge is 2.04. The van der Waals surface area contributed by atoms with E-state index in [4.69, 9.17) is 0 Å². The van der Waals surface area contributed by atoms with E-state index in [2.05, 4.69) is 88.4 Å². The molecular formula is C24H26. The Bertz CT molecular complexity index is 787. The highest BCUT2D eigenvalue weighted by Crippen LogP contribution is 2.20. The van der Waals surface area contributed by atoms with Crippen molar-refractivity contribution >= 4 is 0 Å². The number of benzene rings is 3. The van der Waals surface area contributed by atoms with Crippen molar-refractivity contribution in [3.05, 3.63) is 105 Å². The monoisotopic (exact) mass is 314 g/mol. The zero-order valence-electron chi connectivity index (χ0n) is 15.2. The van der Waals surface area contributed by atoms with Crippen LogP contribution in [0.2, 0.25) is 0 Å². The Hall–Kier alpha value is -2.34. The van der Waals surface area contributed by atoms with E-state index >= 15 is 0 Å². The lowest BCUT2D eigenvalue weighted by atomic mass is 9.94. The number of rotatable bonds is 4. The number of aryl methyl sites for hydroxylation is 4. The lowest BCUT2D eigenvalue weighted by Gasteiger charge is -2.11. The van der Waals surface area contributed by atoms with Gasteiger partial charge in [-0.25, -0.2) is 0 Å². The van der Waals surface area contributed by atoms with E-state index in [1.165, 1.54) is 44.5 Å². The summed E-state index contributed by atoms with van der Waals surface area (Å²) < 4.78 is 0. The molecule has 0 atom stereocenters. The highest BCUT2D eigenvalue weighted by molar-refractivity contribution is 5.39. The largest absolute Gasteiger partial charge is 0.0617 e. The maximum absolute atomic E-state index is 2.36. The zero-order chi connectivity index (χ0) is 17.1. The van der Waals surface area contributed by atoms with Gasteiger partial charge in [0.05, 0.1) is 0 Å². The molecule has 0 aliphatic heterocycles. The quantitative estimate of drug-likeness (QED) is 0.545. The zero-order valence-corrected chi connectivity index (χ0v) is 15.2. The van der Waals surface area contributed by atoms with Crippen LogP contribution in [0.5, 0.6) is 0 Å². The topological polar surface area (TPSA) is 0 Å². The molecule has 0 heteroatoms. The summed E-state index contributed by atoms with van der Waals surface area (Å²) in [6, 6.07) is 22.5. The lowest BCUT2D eigenvalue weighted by Crippen LogP contribution is -1.96. The maximum atomic E-state index is 2.36. The Kier molecular flexibility index (Phi) is 4.85. The van der Waals surface area contributed by atoms with Crippen molar-refractivity contribution in [3.63, 3.8) is 0 Å². The van der Waals surface area contributed by atoms with Gasteiger partial charge in [0, 0.05) is 0 Å². The molecule has 3 aromatic rings. The minimum Gasteiger partial charge on any atom is -0.0617 e. The highest BCUT2D eigenvalue weighted by atomic mass is 14.1. The van der Waals surface area contributed by atoms with Crippen LogP contribution in [0.15, 0.2) is 60.7 Å². The fraction of sp³-hybridized carbons (Fsp3) is 0.250. The van der Waals surface area contributed by atoms with Gasteiger partial charge in [0.25, 0.3) is 0 Å². The average Bonchev–Trinajstić information content (AvgIpc) is 2.55. The van der Waals surface area contributed by atoms with E-state index in [0.29, 0.717) is 0 Å². The predicted octanol–water partition coefficient (Wildman–Crippen LogP) is 6.10. The van der Waals surface area contributed by atoms with Gasteiger partial charge in [0.2, 0.25) is 0 Å². The summed E-state index contributed by atoms with van der Waals surface area (Å²) in [5.41, 5.74) is 11.1. The van der Waals surface area contributed by atoms with Crippen LogP contribution in [-0.4, -0.2) is 0 Å². The standard InChI is InChI=1S/C24H26/c1-17-8-10-19(3)23(12-17)15-21-6-5-7-22(14-21)16-24-13-18(2)9-11-20(24)4/h5-14H,15-16H2,1-4H3. The molecule has 0 N–H and O–H groups in total. The molecule has 0 aromatic heterocycles. The third-order valence-electron chi connectivity index (χ3n) is 4.79. The van der Waals surface area contributed by atoms with Crippen molar-refractivity contribution in [2.75, 3.05) is 0 Å². The molecular weight excluding hydrogens is 288 g/mol. The summed E-state index contributed by atoms with van der Waals surface area (Å²) in [6.45, 7) is 8.74. The molecule has 3 rings (SSSR count). The fourth-order valence-corrected chi connectivity index (χ4v) is 3.27. The predicted molar refractivity (Wildman–Crippen MR) is 104 cm³/mol. The Morgan fingerprint density at radius 1 is 0.542 bits per heavy atom. The van der Waals surface area contributed by atoms with Gasteiger partial charge in [0.1, 0.15) is 0 Å². The minimum absolute atomic E-state index is 1.01. The van der Waals surface area contributed by atoms with Gasteiger partial charge in [-0.2, -0.15) is 0 Å². The van der Waals surface area contributed by atoms with E-state index in [1.807, 2.05) is 0 Å². The van der Waals surface area contributed by atoms with Crippen LogP contribution in [-0.2, 0) is 12.8 Å². The molecule has 24 heavy (non-hydrogen) atoms. The van der Waals surface area contributed by atoms with Crippen molar-refractivity contribution in [1.82, 2.24) is 0 Å². The summed E-state index contributed by atoms with van der Waals surface area (Å²) in [5, 5.41) is 0. The molecule has 0 saturated heterocycles. The van der Waals surface area contributed by atoms with Crippen LogP contribution >= 0.6 is 0 Å². The first-order chi connectivity index (χ1) is 11.5. The average molecular weight is 314 g/mol. The van der Waals surface area contributed by atoms with Crippen LogP contribution in [0.25, 0.3) is 0 Å². The summed E-state index contributed by atoms with van der Waals surface area (Å²) in [6.07, 6.45) is 2.02. The van der Waals surface area contributed by atoms with Gasteiger partial charge in [-0.05, 0) is 73.9 Å². The van der Waals surface area contributed by atoms with Crippen molar-refractivity contribution < 1.29 is 0 Å². The van der Waals surface area contributed by atoms with Crippen molar-refractivity contribution in [1.29, 1.82) is 0 Å². The molecule has 0 unspecified atom stereocenters. The SMILES string of the molecule is Cc1ccc(C)c(Cc2cccc(Cc3cc(C)ccc3C)c2)c1. The first-order valence-corrected chi connectivity index (χ1v) is 8.71. The normalized spacial score (nSPS) is 10.8. The van der Waals surface area contributed by atoms with Crippen molar-refractivity contribution in [2.24, 2.45) is 0 Å². The number of hydrogen-bond donors (Lipinski definition) is 0. The summed E-state index contributed by atoms with van der Waals surface area (Å²) in [7, 11) is 0. The second-order valence-electron chi connectivity index (χ2n) is 7.03.